The fraction of sp³-hybridized carbons (Fsp3) is 0.174. The van der Waals surface area contributed by atoms with E-state index in [4.69, 9.17) is 4.84 Å². The Morgan fingerprint density at radius 2 is 1.21 bits per heavy atom. The van der Waals surface area contributed by atoms with E-state index < -0.39 is 5.31 Å². The number of hydroxylamine groups is 2. The number of rotatable bonds is 5. The van der Waals surface area contributed by atoms with Gasteiger partial charge in [-0.15, -0.1) is 0 Å². The molecule has 0 radical (unpaired) electrons. The number of hydrogen-bond donors (Lipinski definition) is 0. The van der Waals surface area contributed by atoms with Gasteiger partial charge in [-0.05, 0) is 0 Å². The number of carbonyl (C=O) groups excluding carboxylic acids is 1. The molecule has 1 heterocycles. The second-order valence-electron chi connectivity index (χ2n) is 7.01. The minimum absolute atomic E-state index is 0.0357. The van der Waals surface area contributed by atoms with Gasteiger partial charge >= 0.3 is 174 Å². The topological polar surface area (TPSA) is 29.5 Å². The van der Waals surface area contributed by atoms with Crippen LogP contribution in [0.15, 0.2) is 91.0 Å². The van der Waals surface area contributed by atoms with Crippen LogP contribution >= 0.6 is 20.8 Å². The fourth-order valence-electron chi connectivity index (χ4n) is 4.42. The van der Waals surface area contributed by atoms with Crippen LogP contribution in [0, 0.1) is 0 Å². The predicted octanol–water partition coefficient (Wildman–Crippen LogP) is 3.99. The van der Waals surface area contributed by atoms with Crippen LogP contribution in [0.25, 0.3) is 0 Å². The van der Waals surface area contributed by atoms with Gasteiger partial charge in [0.2, 0.25) is 0 Å². The Balaban J connectivity index is 2.12. The molecule has 0 aromatic heterocycles. The van der Waals surface area contributed by atoms with Crippen molar-refractivity contribution in [2.24, 2.45) is 0 Å². The third-order valence-electron chi connectivity index (χ3n) is 5.73. The Labute approximate surface area is 174 Å². The van der Waals surface area contributed by atoms with Gasteiger partial charge in [0.1, 0.15) is 0 Å². The van der Waals surface area contributed by atoms with Crippen molar-refractivity contribution >= 4 is 42.6 Å². The Hall–Kier alpha value is -2.00. The van der Waals surface area contributed by atoms with Gasteiger partial charge in [0.25, 0.3) is 0 Å². The van der Waals surface area contributed by atoms with Gasteiger partial charge in [-0.2, -0.15) is 0 Å². The van der Waals surface area contributed by atoms with Gasteiger partial charge in [0, 0.05) is 0 Å². The molecular formula is C23H23BrNO2P. The van der Waals surface area contributed by atoms with Crippen LogP contribution in [0.2, 0.25) is 0 Å². The zero-order valence-electron chi connectivity index (χ0n) is 15.7. The molecule has 1 aliphatic rings. The number of halogens is 1. The van der Waals surface area contributed by atoms with E-state index in [1.807, 2.05) is 18.2 Å². The van der Waals surface area contributed by atoms with Crippen LogP contribution in [0.5, 0.6) is 0 Å². The molecule has 0 spiro atoms. The van der Waals surface area contributed by atoms with Crippen LogP contribution in [0.4, 0.5) is 0 Å². The van der Waals surface area contributed by atoms with Crippen LogP contribution < -0.4 is 15.9 Å². The molecule has 28 heavy (non-hydrogen) atoms. The maximum absolute atomic E-state index is 13.5. The van der Waals surface area contributed by atoms with Crippen molar-refractivity contribution in [1.29, 1.82) is 0 Å². The van der Waals surface area contributed by atoms with E-state index in [-0.39, 0.29) is 11.6 Å². The normalized spacial score (nSPS) is 18.6. The molecule has 4 rings (SSSR count). The van der Waals surface area contributed by atoms with Gasteiger partial charge in [0.05, 0.1) is 0 Å². The van der Waals surface area contributed by atoms with E-state index in [1.54, 1.807) is 7.11 Å². The first kappa shape index (κ1) is 19.3. The second kappa shape index (κ2) is 7.44. The summed E-state index contributed by atoms with van der Waals surface area (Å²) < 4.78 is 0. The van der Waals surface area contributed by atoms with Gasteiger partial charge in [-0.1, -0.05) is 0 Å². The third-order valence-corrected chi connectivity index (χ3v) is 16.5. The summed E-state index contributed by atoms with van der Waals surface area (Å²) in [5.74, 6) is 0.0357. The quantitative estimate of drug-likeness (QED) is 0.544. The minimum atomic E-state index is -3.29. The molecule has 1 atom stereocenters. The van der Waals surface area contributed by atoms with Crippen molar-refractivity contribution < 1.29 is 9.63 Å². The summed E-state index contributed by atoms with van der Waals surface area (Å²) >= 11 is 4.37. The maximum atomic E-state index is 13.5. The molecule has 3 aromatic carbocycles. The molecular weight excluding hydrogens is 433 g/mol. The van der Waals surface area contributed by atoms with Crippen LogP contribution in [0.3, 0.4) is 0 Å². The van der Waals surface area contributed by atoms with Crippen molar-refractivity contribution in [3.63, 3.8) is 0 Å². The molecule has 1 saturated heterocycles. The number of carbonyl (C=O) groups is 1. The van der Waals surface area contributed by atoms with Gasteiger partial charge in [-0.3, -0.25) is 0 Å². The molecule has 0 bridgehead atoms. The summed E-state index contributed by atoms with van der Waals surface area (Å²) in [7, 11) is 1.57. The first-order valence-electron chi connectivity index (χ1n) is 9.36. The van der Waals surface area contributed by atoms with E-state index >= 15 is 0 Å². The number of nitrogens with zero attached hydrogens (tertiary/aromatic N) is 1. The summed E-state index contributed by atoms with van der Waals surface area (Å²) in [6.45, 7) is 0.593. The molecule has 5 heteroatoms. The number of amides is 1. The molecule has 3 nitrogen and oxygen atoms in total. The Bertz CT molecular complexity index is 866. The van der Waals surface area contributed by atoms with Gasteiger partial charge < -0.3 is 0 Å². The average Bonchev–Trinajstić information content (AvgIpc) is 3.16. The monoisotopic (exact) mass is 455 g/mol. The van der Waals surface area contributed by atoms with Crippen molar-refractivity contribution in [1.82, 2.24) is 5.06 Å². The number of benzene rings is 3. The average molecular weight is 456 g/mol. The Morgan fingerprint density at radius 3 is 1.54 bits per heavy atom. The van der Waals surface area contributed by atoms with Crippen molar-refractivity contribution in [2.75, 3.05) is 13.7 Å². The molecule has 1 amide bonds. The zero-order valence-corrected chi connectivity index (χ0v) is 18.2. The summed E-state index contributed by atoms with van der Waals surface area (Å²) in [4.78, 5) is 18.9. The SMILES string of the molecule is CON1CCC(P(Br)(c2ccccc2)(c2ccccc2)c2ccccc2)C1=O. The van der Waals surface area contributed by atoms with Crippen molar-refractivity contribution in [2.45, 2.75) is 12.1 Å². The molecule has 3 aromatic rings. The third kappa shape index (κ3) is 2.67. The standard InChI is InChI=1S/C23H23BrNO2P/c1-27-25-18-17-22(23(25)26)28(24,19-11-5-2-6-12-19,20-13-7-3-8-14-20)21-15-9-4-10-16-21/h2-16,22H,17-18H2,1H3. The van der Waals surface area contributed by atoms with E-state index in [0.717, 1.165) is 22.3 Å². The number of hydrogen-bond acceptors (Lipinski definition) is 2. The predicted molar refractivity (Wildman–Crippen MR) is 121 cm³/mol. The summed E-state index contributed by atoms with van der Waals surface area (Å²) in [5, 5.41) is 1.68. The van der Waals surface area contributed by atoms with Crippen LogP contribution in [0.1, 0.15) is 6.42 Å². The molecule has 0 N–H and O–H groups in total. The molecule has 0 saturated carbocycles. The molecule has 1 unspecified atom stereocenters. The van der Waals surface area contributed by atoms with E-state index in [1.165, 1.54) is 5.06 Å². The zero-order chi connectivity index (χ0) is 19.6. The van der Waals surface area contributed by atoms with Crippen LogP contribution in [-0.4, -0.2) is 30.3 Å². The second-order valence-corrected chi connectivity index (χ2v) is 15.7. The molecule has 1 aliphatic heterocycles. The van der Waals surface area contributed by atoms with E-state index in [2.05, 4.69) is 88.3 Å². The fourth-order valence-corrected chi connectivity index (χ4v) is 13.1. The van der Waals surface area contributed by atoms with E-state index in [0.29, 0.717) is 6.54 Å². The summed E-state index contributed by atoms with van der Waals surface area (Å²) in [5.41, 5.74) is -0.238. The first-order chi connectivity index (χ1) is 13.6. The van der Waals surface area contributed by atoms with Gasteiger partial charge in [0.15, 0.2) is 0 Å². The molecule has 144 valence electrons. The summed E-state index contributed by atoms with van der Waals surface area (Å²) in [6, 6.07) is 31.3. The Morgan fingerprint density at radius 1 is 0.821 bits per heavy atom. The van der Waals surface area contributed by atoms with Crippen molar-refractivity contribution in [3.05, 3.63) is 91.0 Å². The molecule has 1 fully saturated rings. The molecule has 0 aliphatic carbocycles. The summed E-state index contributed by atoms with van der Waals surface area (Å²) in [6.07, 6.45) is 0.731. The van der Waals surface area contributed by atoms with Gasteiger partial charge in [-0.25, -0.2) is 0 Å². The van der Waals surface area contributed by atoms with Crippen molar-refractivity contribution in [3.8, 4) is 0 Å². The first-order valence-corrected chi connectivity index (χ1v) is 13.7. The van der Waals surface area contributed by atoms with E-state index in [9.17, 15) is 4.79 Å². The Kier molecular flexibility index (Phi) is 5.13. The van der Waals surface area contributed by atoms with Crippen LogP contribution in [-0.2, 0) is 9.63 Å².